The number of nitrogens with two attached hydrogens (primary N) is 1. The molecule has 6 nitrogen and oxygen atoms in total. The Hall–Kier alpha value is -1.63. The van der Waals surface area contributed by atoms with Crippen molar-refractivity contribution in [3.8, 4) is 0 Å². The Morgan fingerprint density at radius 1 is 1.38 bits per heavy atom. The second-order valence-electron chi connectivity index (χ2n) is 3.91. The van der Waals surface area contributed by atoms with E-state index in [9.17, 15) is 8.42 Å². The number of sulfone groups is 1. The zero-order valence-corrected chi connectivity index (χ0v) is 9.18. The number of aromatic nitrogens is 3. The molecule has 16 heavy (non-hydrogen) atoms. The Morgan fingerprint density at radius 2 is 2.12 bits per heavy atom. The van der Waals surface area contributed by atoms with Gasteiger partial charge in [-0.05, 0) is 12.8 Å². The summed E-state index contributed by atoms with van der Waals surface area (Å²) < 4.78 is 25.5. The predicted molar refractivity (Wildman–Crippen MR) is 57.6 cm³/mol. The highest BCUT2D eigenvalue weighted by Crippen LogP contribution is 2.34. The molecule has 2 heterocycles. The fourth-order valence-corrected chi connectivity index (χ4v) is 3.34. The van der Waals surface area contributed by atoms with Gasteiger partial charge in [0.15, 0.2) is 15.5 Å². The lowest BCUT2D eigenvalue weighted by Gasteiger charge is -1.99. The fourth-order valence-electron chi connectivity index (χ4n) is 1.63. The van der Waals surface area contributed by atoms with E-state index in [1.54, 1.807) is 6.20 Å². The van der Waals surface area contributed by atoms with Gasteiger partial charge in [0.1, 0.15) is 4.90 Å². The van der Waals surface area contributed by atoms with Crippen LogP contribution in [0.2, 0.25) is 0 Å². The van der Waals surface area contributed by atoms with Crippen molar-refractivity contribution in [1.29, 1.82) is 0 Å². The number of hydrogen-bond donors (Lipinski definition) is 1. The summed E-state index contributed by atoms with van der Waals surface area (Å²) in [6, 6.07) is 0. The molecular formula is C9H10N4O2S. The molecule has 0 amide bonds. The Morgan fingerprint density at radius 3 is 2.81 bits per heavy atom. The van der Waals surface area contributed by atoms with Crippen LogP contribution < -0.4 is 5.73 Å². The molecule has 0 aromatic carbocycles. The van der Waals surface area contributed by atoms with Crippen LogP contribution in [0.25, 0.3) is 5.65 Å². The number of rotatable bonds is 2. The second-order valence-corrected chi connectivity index (χ2v) is 6.11. The van der Waals surface area contributed by atoms with Gasteiger partial charge in [-0.3, -0.25) is 0 Å². The summed E-state index contributed by atoms with van der Waals surface area (Å²) in [6.45, 7) is 0. The molecule has 2 N–H and O–H groups in total. The first-order chi connectivity index (χ1) is 7.59. The molecular weight excluding hydrogens is 228 g/mol. The summed E-state index contributed by atoms with van der Waals surface area (Å²) in [4.78, 5) is 4.22. The van der Waals surface area contributed by atoms with Gasteiger partial charge in [0.2, 0.25) is 0 Å². The van der Waals surface area contributed by atoms with E-state index in [0.29, 0.717) is 11.3 Å². The Kier molecular flexibility index (Phi) is 1.76. The van der Waals surface area contributed by atoms with Crippen molar-refractivity contribution in [2.24, 2.45) is 0 Å². The molecule has 0 bridgehead atoms. The van der Waals surface area contributed by atoms with Crippen LogP contribution in [-0.2, 0) is 9.84 Å². The number of fused-ring (bicyclic) bond motifs is 1. The molecule has 1 fully saturated rings. The van der Waals surface area contributed by atoms with Crippen LogP contribution in [0.15, 0.2) is 23.5 Å². The van der Waals surface area contributed by atoms with Crippen molar-refractivity contribution in [1.82, 2.24) is 14.6 Å². The molecule has 3 rings (SSSR count). The third-order valence-electron chi connectivity index (χ3n) is 2.61. The highest BCUT2D eigenvalue weighted by Gasteiger charge is 2.38. The highest BCUT2D eigenvalue weighted by molar-refractivity contribution is 7.92. The molecule has 0 aliphatic heterocycles. The zero-order chi connectivity index (χ0) is 11.3. The third-order valence-corrected chi connectivity index (χ3v) is 4.86. The van der Waals surface area contributed by atoms with Gasteiger partial charge in [-0.25, -0.2) is 17.9 Å². The number of hydrogen-bond acceptors (Lipinski definition) is 5. The minimum absolute atomic E-state index is 0.204. The molecule has 2 aromatic rings. The van der Waals surface area contributed by atoms with Gasteiger partial charge in [-0.2, -0.15) is 5.10 Å². The van der Waals surface area contributed by atoms with Crippen molar-refractivity contribution in [3.05, 3.63) is 18.6 Å². The normalized spacial score (nSPS) is 16.8. The van der Waals surface area contributed by atoms with Crippen LogP contribution in [0.3, 0.4) is 0 Å². The maximum Gasteiger partial charge on any atom is 0.186 e. The lowest BCUT2D eigenvalue weighted by molar-refractivity contribution is 0.595. The summed E-state index contributed by atoms with van der Waals surface area (Å²) >= 11 is 0. The molecule has 0 unspecified atom stereocenters. The molecule has 1 aliphatic carbocycles. The topological polar surface area (TPSA) is 90.3 Å². The van der Waals surface area contributed by atoms with Crippen molar-refractivity contribution >= 4 is 21.2 Å². The average molecular weight is 238 g/mol. The van der Waals surface area contributed by atoms with Gasteiger partial charge >= 0.3 is 0 Å². The second kappa shape index (κ2) is 2.94. The van der Waals surface area contributed by atoms with E-state index in [1.165, 1.54) is 16.9 Å². The van der Waals surface area contributed by atoms with Crippen LogP contribution in [0.4, 0.5) is 5.69 Å². The quantitative estimate of drug-likeness (QED) is 0.809. The summed E-state index contributed by atoms with van der Waals surface area (Å²) in [5.41, 5.74) is 6.34. The van der Waals surface area contributed by atoms with E-state index in [4.69, 9.17) is 5.73 Å². The van der Waals surface area contributed by atoms with Gasteiger partial charge in [0, 0.05) is 0 Å². The van der Waals surface area contributed by atoms with Crippen molar-refractivity contribution in [3.63, 3.8) is 0 Å². The Bertz CT molecular complexity index is 657. The van der Waals surface area contributed by atoms with Crippen LogP contribution in [0, 0.1) is 0 Å². The molecule has 0 saturated heterocycles. The average Bonchev–Trinajstić information content (AvgIpc) is 2.99. The third kappa shape index (κ3) is 1.28. The lowest BCUT2D eigenvalue weighted by atomic mass is 10.5. The van der Waals surface area contributed by atoms with Crippen LogP contribution >= 0.6 is 0 Å². The lowest BCUT2D eigenvalue weighted by Crippen LogP contribution is -2.07. The van der Waals surface area contributed by atoms with E-state index in [0.717, 1.165) is 12.8 Å². The van der Waals surface area contributed by atoms with Gasteiger partial charge < -0.3 is 5.73 Å². The van der Waals surface area contributed by atoms with E-state index in [1.807, 2.05) is 0 Å². The summed E-state index contributed by atoms with van der Waals surface area (Å²) in [5.74, 6) is 0. The molecule has 0 radical (unpaired) electrons. The van der Waals surface area contributed by atoms with Gasteiger partial charge in [0.25, 0.3) is 0 Å². The molecule has 7 heteroatoms. The molecule has 84 valence electrons. The highest BCUT2D eigenvalue weighted by atomic mass is 32.2. The fraction of sp³-hybridized carbons (Fsp3) is 0.333. The van der Waals surface area contributed by atoms with E-state index in [2.05, 4.69) is 10.1 Å². The molecule has 2 aromatic heterocycles. The van der Waals surface area contributed by atoms with E-state index in [-0.39, 0.29) is 10.1 Å². The minimum Gasteiger partial charge on any atom is -0.396 e. The first-order valence-electron chi connectivity index (χ1n) is 4.92. The molecule has 0 atom stereocenters. The van der Waals surface area contributed by atoms with Crippen LogP contribution in [0.1, 0.15) is 12.8 Å². The van der Waals surface area contributed by atoms with Crippen molar-refractivity contribution in [2.45, 2.75) is 23.0 Å². The first kappa shape index (κ1) is 9.59. The molecule has 1 aliphatic rings. The van der Waals surface area contributed by atoms with Crippen molar-refractivity contribution in [2.75, 3.05) is 5.73 Å². The zero-order valence-electron chi connectivity index (χ0n) is 8.37. The Labute approximate surface area is 92.0 Å². The number of nitrogen functional groups attached to an aromatic ring is 1. The predicted octanol–water partition coefficient (Wildman–Crippen LogP) is 0.248. The van der Waals surface area contributed by atoms with Crippen LogP contribution in [-0.4, -0.2) is 28.3 Å². The maximum absolute atomic E-state index is 12.0. The van der Waals surface area contributed by atoms with Crippen molar-refractivity contribution < 1.29 is 8.42 Å². The monoisotopic (exact) mass is 238 g/mol. The molecule has 0 spiro atoms. The summed E-state index contributed by atoms with van der Waals surface area (Å²) in [5, 5.41) is 3.70. The van der Waals surface area contributed by atoms with E-state index >= 15 is 0 Å². The number of anilines is 1. The smallest absolute Gasteiger partial charge is 0.186 e. The number of nitrogens with zero attached hydrogens (tertiary/aromatic N) is 3. The van der Waals surface area contributed by atoms with Gasteiger partial charge in [-0.1, -0.05) is 0 Å². The maximum atomic E-state index is 12.0. The van der Waals surface area contributed by atoms with Gasteiger partial charge in [0.05, 0.1) is 29.5 Å². The van der Waals surface area contributed by atoms with Gasteiger partial charge in [-0.15, -0.1) is 0 Å². The largest absolute Gasteiger partial charge is 0.396 e. The first-order valence-corrected chi connectivity index (χ1v) is 6.46. The van der Waals surface area contributed by atoms with Crippen LogP contribution in [0.5, 0.6) is 0 Å². The minimum atomic E-state index is -3.25. The summed E-state index contributed by atoms with van der Waals surface area (Å²) in [7, 11) is -3.25. The summed E-state index contributed by atoms with van der Waals surface area (Å²) in [6.07, 6.45) is 5.79. The SMILES string of the molecule is Nc1cnc2c(S(=O)(=O)C3CC3)cnn2c1. The Balaban J connectivity index is 2.25. The molecule has 1 saturated carbocycles. The van der Waals surface area contributed by atoms with E-state index < -0.39 is 9.84 Å². The standard InChI is InChI=1S/C9H10N4O2S/c10-6-3-11-9-8(4-12-13(9)5-6)16(14,15)7-1-2-7/h3-5,7H,1-2,10H2.